The van der Waals surface area contributed by atoms with Crippen molar-refractivity contribution in [2.75, 3.05) is 23.8 Å². The fourth-order valence-electron chi connectivity index (χ4n) is 2.62. The molecule has 0 aliphatic heterocycles. The van der Waals surface area contributed by atoms with Gasteiger partial charge in [0, 0.05) is 30.7 Å². The minimum atomic E-state index is 0.242. The summed E-state index contributed by atoms with van der Waals surface area (Å²) < 4.78 is 0. The van der Waals surface area contributed by atoms with Crippen LogP contribution in [0.4, 0.5) is 11.4 Å². The second kappa shape index (κ2) is 6.97. The first-order valence-corrected chi connectivity index (χ1v) is 7.88. The molecule has 1 heterocycles. The van der Waals surface area contributed by atoms with Gasteiger partial charge in [0.15, 0.2) is 5.69 Å². The monoisotopic (exact) mass is 317 g/mol. The van der Waals surface area contributed by atoms with Crippen LogP contribution in [0.25, 0.3) is 10.9 Å². The van der Waals surface area contributed by atoms with E-state index in [9.17, 15) is 5.26 Å². The van der Waals surface area contributed by atoms with Gasteiger partial charge in [-0.25, -0.2) is 0 Å². The average molecular weight is 317 g/mol. The topological polar surface area (TPSA) is 64.8 Å². The zero-order valence-corrected chi connectivity index (χ0v) is 13.8. The number of hydrogen-bond acceptors (Lipinski definition) is 5. The molecule has 1 N–H and O–H groups in total. The van der Waals surface area contributed by atoms with E-state index in [-0.39, 0.29) is 6.04 Å². The molecule has 0 aliphatic rings. The van der Waals surface area contributed by atoms with Gasteiger partial charge in [0.05, 0.1) is 11.2 Å². The van der Waals surface area contributed by atoms with Crippen molar-refractivity contribution in [1.29, 1.82) is 5.26 Å². The van der Waals surface area contributed by atoms with Crippen LogP contribution < -0.4 is 10.2 Å². The molecule has 5 nitrogen and oxygen atoms in total. The number of hydrogen-bond donors (Lipinski definition) is 1. The lowest BCUT2D eigenvalue weighted by atomic mass is 10.1. The lowest BCUT2D eigenvalue weighted by Gasteiger charge is -2.27. The molecule has 0 fully saturated rings. The second-order valence-electron chi connectivity index (χ2n) is 5.73. The maximum atomic E-state index is 9.33. The summed E-state index contributed by atoms with van der Waals surface area (Å²) in [7, 11) is 2.07. The van der Waals surface area contributed by atoms with Crippen molar-refractivity contribution in [1.82, 2.24) is 10.2 Å². The van der Waals surface area contributed by atoms with Gasteiger partial charge < -0.3 is 10.2 Å². The predicted octanol–water partition coefficient (Wildman–Crippen LogP) is 3.44. The summed E-state index contributed by atoms with van der Waals surface area (Å²) in [4.78, 5) is 2.20. The first kappa shape index (κ1) is 15.8. The zero-order valence-electron chi connectivity index (χ0n) is 13.8. The van der Waals surface area contributed by atoms with Crippen molar-refractivity contribution in [3.8, 4) is 6.07 Å². The zero-order chi connectivity index (χ0) is 16.9. The fraction of sp³-hybridized carbons (Fsp3) is 0.211. The lowest BCUT2D eigenvalue weighted by molar-refractivity contribution is 0.716. The quantitative estimate of drug-likeness (QED) is 0.781. The number of anilines is 2. The number of nitrogens with zero attached hydrogens (tertiary/aromatic N) is 4. The van der Waals surface area contributed by atoms with Crippen LogP contribution in [0.3, 0.4) is 0 Å². The first-order valence-electron chi connectivity index (χ1n) is 7.88. The Hall–Kier alpha value is -3.13. The largest absolute Gasteiger partial charge is 0.380 e. The van der Waals surface area contributed by atoms with E-state index in [2.05, 4.69) is 52.6 Å². The highest BCUT2D eigenvalue weighted by Crippen LogP contribution is 2.24. The van der Waals surface area contributed by atoms with Gasteiger partial charge in [-0.3, -0.25) is 0 Å². The molecule has 0 saturated heterocycles. The van der Waals surface area contributed by atoms with E-state index in [1.807, 2.05) is 42.5 Å². The molecule has 120 valence electrons. The van der Waals surface area contributed by atoms with E-state index in [1.54, 1.807) is 0 Å². The minimum Gasteiger partial charge on any atom is -0.380 e. The Morgan fingerprint density at radius 3 is 2.54 bits per heavy atom. The molecule has 3 rings (SSSR count). The van der Waals surface area contributed by atoms with Crippen molar-refractivity contribution in [3.63, 3.8) is 0 Å². The molecule has 0 amide bonds. The number of aromatic nitrogens is 2. The molecule has 1 atom stereocenters. The number of nitriles is 1. The Morgan fingerprint density at radius 1 is 1.08 bits per heavy atom. The fourth-order valence-corrected chi connectivity index (χ4v) is 2.62. The van der Waals surface area contributed by atoms with Crippen molar-refractivity contribution in [3.05, 3.63) is 60.3 Å². The van der Waals surface area contributed by atoms with Crippen LogP contribution in [0.15, 0.2) is 54.6 Å². The van der Waals surface area contributed by atoms with Crippen LogP contribution in [0.2, 0.25) is 0 Å². The number of benzene rings is 2. The minimum absolute atomic E-state index is 0.242. The van der Waals surface area contributed by atoms with E-state index in [1.165, 1.54) is 0 Å². The van der Waals surface area contributed by atoms with Crippen LogP contribution in [0.5, 0.6) is 0 Å². The summed E-state index contributed by atoms with van der Waals surface area (Å²) in [6.07, 6.45) is 0. The molecular weight excluding hydrogens is 298 g/mol. The van der Waals surface area contributed by atoms with Crippen molar-refractivity contribution in [2.45, 2.75) is 13.0 Å². The highest BCUT2D eigenvalue weighted by Gasteiger charge is 2.14. The summed E-state index contributed by atoms with van der Waals surface area (Å²) in [5.74, 6) is 0. The van der Waals surface area contributed by atoms with Gasteiger partial charge in [-0.2, -0.15) is 5.26 Å². The molecule has 5 heteroatoms. The number of para-hydroxylation sites is 1. The molecule has 3 aromatic rings. The van der Waals surface area contributed by atoms with Crippen molar-refractivity contribution >= 4 is 22.3 Å². The smallest absolute Gasteiger partial charge is 0.186 e. The molecule has 24 heavy (non-hydrogen) atoms. The maximum Gasteiger partial charge on any atom is 0.186 e. The third kappa shape index (κ3) is 3.13. The van der Waals surface area contributed by atoms with Gasteiger partial charge in [0.25, 0.3) is 0 Å². The van der Waals surface area contributed by atoms with Gasteiger partial charge in [0.2, 0.25) is 0 Å². The Kier molecular flexibility index (Phi) is 4.57. The summed E-state index contributed by atoms with van der Waals surface area (Å²) in [5, 5.41) is 21.8. The summed E-state index contributed by atoms with van der Waals surface area (Å²) in [5.41, 5.74) is 3.01. The molecular formula is C19H19N5. The van der Waals surface area contributed by atoms with Crippen LogP contribution in [0.1, 0.15) is 12.6 Å². The number of fused-ring (bicyclic) bond motifs is 1. The third-order valence-corrected chi connectivity index (χ3v) is 4.17. The Labute approximate surface area is 141 Å². The van der Waals surface area contributed by atoms with Gasteiger partial charge >= 0.3 is 0 Å². The Balaban J connectivity index is 1.82. The SMILES string of the molecule is CC(CNc1c(C#N)nnc2ccccc12)N(C)c1ccccc1. The van der Waals surface area contributed by atoms with E-state index >= 15 is 0 Å². The number of likely N-dealkylation sites (N-methyl/N-ethyl adjacent to an activating group) is 1. The van der Waals surface area contributed by atoms with E-state index in [4.69, 9.17) is 0 Å². The van der Waals surface area contributed by atoms with Crippen LogP contribution >= 0.6 is 0 Å². The van der Waals surface area contributed by atoms with Crippen LogP contribution in [0, 0.1) is 11.3 Å². The van der Waals surface area contributed by atoms with Crippen molar-refractivity contribution in [2.24, 2.45) is 0 Å². The van der Waals surface area contributed by atoms with Gasteiger partial charge in [-0.05, 0) is 25.1 Å². The first-order chi connectivity index (χ1) is 11.7. The molecule has 0 bridgehead atoms. The van der Waals surface area contributed by atoms with E-state index in [0.29, 0.717) is 12.2 Å². The number of nitrogens with one attached hydrogen (secondary N) is 1. The van der Waals surface area contributed by atoms with E-state index < -0.39 is 0 Å². The lowest BCUT2D eigenvalue weighted by Crippen LogP contribution is -2.35. The third-order valence-electron chi connectivity index (χ3n) is 4.17. The normalized spacial score (nSPS) is 11.7. The highest BCUT2D eigenvalue weighted by atomic mass is 15.2. The second-order valence-corrected chi connectivity index (χ2v) is 5.73. The van der Waals surface area contributed by atoms with E-state index in [0.717, 1.165) is 22.3 Å². The molecule has 0 aliphatic carbocycles. The number of rotatable bonds is 5. The van der Waals surface area contributed by atoms with Gasteiger partial charge in [-0.15, -0.1) is 10.2 Å². The molecule has 2 aromatic carbocycles. The van der Waals surface area contributed by atoms with Crippen LogP contribution in [-0.2, 0) is 0 Å². The van der Waals surface area contributed by atoms with Gasteiger partial charge in [0.1, 0.15) is 6.07 Å². The molecule has 0 spiro atoms. The Bertz CT molecular complexity index is 870. The molecule has 1 unspecified atom stereocenters. The molecule has 0 radical (unpaired) electrons. The summed E-state index contributed by atoms with van der Waals surface area (Å²) in [6, 6.07) is 20.3. The molecule has 1 aromatic heterocycles. The van der Waals surface area contributed by atoms with Gasteiger partial charge in [-0.1, -0.05) is 36.4 Å². The summed E-state index contributed by atoms with van der Waals surface area (Å²) in [6.45, 7) is 2.83. The maximum absolute atomic E-state index is 9.33. The Morgan fingerprint density at radius 2 is 1.79 bits per heavy atom. The summed E-state index contributed by atoms with van der Waals surface area (Å²) >= 11 is 0. The highest BCUT2D eigenvalue weighted by molar-refractivity contribution is 5.92. The standard InChI is InChI=1S/C19H19N5/c1-14(24(2)15-8-4-3-5-9-15)13-21-19-16-10-6-7-11-17(16)22-23-18(19)12-20/h3-11,14H,13H2,1-2H3,(H,21,22). The average Bonchev–Trinajstić information content (AvgIpc) is 2.65. The van der Waals surface area contributed by atoms with Crippen molar-refractivity contribution < 1.29 is 0 Å². The predicted molar refractivity (Wildman–Crippen MR) is 97.0 cm³/mol. The molecule has 0 saturated carbocycles. The van der Waals surface area contributed by atoms with Crippen LogP contribution in [-0.4, -0.2) is 29.8 Å².